The summed E-state index contributed by atoms with van der Waals surface area (Å²) in [6, 6.07) is 7.24. The van der Waals surface area contributed by atoms with E-state index in [4.69, 9.17) is 19.8 Å². The molecule has 0 radical (unpaired) electrons. The third-order valence-electron chi connectivity index (χ3n) is 6.22. The molecule has 12 heteroatoms. The van der Waals surface area contributed by atoms with E-state index in [2.05, 4.69) is 50.6 Å². The molecule has 194 valence electrons. The maximum Gasteiger partial charge on any atom is 0.287 e. The summed E-state index contributed by atoms with van der Waals surface area (Å²) in [6.45, 7) is 9.05. The third-order valence-corrected chi connectivity index (χ3v) is 7.93. The summed E-state index contributed by atoms with van der Waals surface area (Å²) in [5.41, 5.74) is 3.71. The van der Waals surface area contributed by atoms with Crippen molar-refractivity contribution >= 4 is 48.5 Å². The lowest BCUT2D eigenvalue weighted by Gasteiger charge is -2.21. The summed E-state index contributed by atoms with van der Waals surface area (Å²) >= 11 is 0. The highest BCUT2D eigenvalue weighted by atomic mass is 28.3. The van der Waals surface area contributed by atoms with Gasteiger partial charge in [0.1, 0.15) is 25.0 Å². The van der Waals surface area contributed by atoms with Gasteiger partial charge in [-0.25, -0.2) is 4.98 Å². The first-order valence-electron chi connectivity index (χ1n) is 12.4. The molecule has 2 aromatic heterocycles. The van der Waals surface area contributed by atoms with Crippen molar-refractivity contribution in [2.24, 2.45) is 22.1 Å². The van der Waals surface area contributed by atoms with Crippen LogP contribution in [0.3, 0.4) is 0 Å². The SMILES string of the molecule is CN(C)Cc1nc2ccc(NC3=N[N+]4(c5cnn(C)c5)C=CN=CC4=N3)cc2n1COCC[Si](C)(C)C. The Bertz CT molecular complexity index is 1420. The Hall–Kier alpha value is -3.45. The number of benzene rings is 1. The minimum absolute atomic E-state index is 0.0950. The summed E-state index contributed by atoms with van der Waals surface area (Å²) in [5, 5.41) is 12.6. The molecule has 0 spiro atoms. The molecule has 1 unspecified atom stereocenters. The van der Waals surface area contributed by atoms with Gasteiger partial charge in [0.05, 0.1) is 30.0 Å². The van der Waals surface area contributed by atoms with Gasteiger partial charge in [0.2, 0.25) is 5.69 Å². The molecule has 4 heterocycles. The lowest BCUT2D eigenvalue weighted by molar-refractivity contribution is 0.0866. The molecular weight excluding hydrogens is 484 g/mol. The number of guanidine groups is 1. The molecule has 1 aromatic carbocycles. The highest BCUT2D eigenvalue weighted by molar-refractivity contribution is 6.76. The van der Waals surface area contributed by atoms with Gasteiger partial charge in [-0.1, -0.05) is 24.2 Å². The van der Waals surface area contributed by atoms with Crippen molar-refractivity contribution in [3.05, 3.63) is 48.8 Å². The van der Waals surface area contributed by atoms with Crippen LogP contribution < -0.4 is 9.91 Å². The lowest BCUT2D eigenvalue weighted by atomic mass is 10.2. The van der Waals surface area contributed by atoms with E-state index in [9.17, 15) is 0 Å². The number of amidine groups is 1. The Kier molecular flexibility index (Phi) is 6.66. The van der Waals surface area contributed by atoms with Gasteiger partial charge in [0.15, 0.2) is 6.20 Å². The van der Waals surface area contributed by atoms with Gasteiger partial charge in [-0.2, -0.15) is 10.1 Å². The van der Waals surface area contributed by atoms with E-state index in [1.54, 1.807) is 23.3 Å². The summed E-state index contributed by atoms with van der Waals surface area (Å²) in [4.78, 5) is 16.0. The average molecular weight is 520 g/mol. The van der Waals surface area contributed by atoms with Crippen molar-refractivity contribution in [1.29, 1.82) is 0 Å². The molecule has 3 aromatic rings. The number of fused-ring (bicyclic) bond motifs is 2. The number of aromatic nitrogens is 4. The van der Waals surface area contributed by atoms with Gasteiger partial charge < -0.3 is 19.5 Å². The number of rotatable bonds is 9. The van der Waals surface area contributed by atoms with Crippen LogP contribution in [0, 0.1) is 0 Å². The predicted octanol–water partition coefficient (Wildman–Crippen LogP) is 3.80. The standard InChI is InChI=1S/C25H35N10OSi/c1-32(2)17-23-29-21-8-7-19(13-22(21)34(23)18-36-11-12-37(4,5)6)28-25-30-24-15-26-9-10-35(24,31-25)20-14-27-33(3)16-20/h7-10,13-16H,11-12,17-18H2,1-6H3,(H,28,31)/q+1. The molecule has 2 aliphatic heterocycles. The van der Waals surface area contributed by atoms with Crippen LogP contribution in [0.1, 0.15) is 5.82 Å². The van der Waals surface area contributed by atoms with Crippen molar-refractivity contribution in [1.82, 2.24) is 28.8 Å². The second kappa shape index (κ2) is 9.78. The average Bonchev–Trinajstić information content (AvgIpc) is 3.51. The van der Waals surface area contributed by atoms with Crippen LogP contribution in [0.2, 0.25) is 25.7 Å². The normalized spacial score (nSPS) is 19.0. The highest BCUT2D eigenvalue weighted by Gasteiger charge is 2.43. The number of nitrogens with zero attached hydrogens (tertiary/aromatic N) is 9. The topological polar surface area (TPSA) is 97.2 Å². The molecule has 0 saturated carbocycles. The van der Waals surface area contributed by atoms with E-state index in [0.717, 1.165) is 47.4 Å². The fourth-order valence-corrected chi connectivity index (χ4v) is 5.01. The highest BCUT2D eigenvalue weighted by Crippen LogP contribution is 2.31. The number of ether oxygens (including phenoxy) is 1. The van der Waals surface area contributed by atoms with Crippen LogP contribution in [-0.4, -0.2) is 71.0 Å². The molecule has 0 bridgehead atoms. The van der Waals surface area contributed by atoms with E-state index < -0.39 is 8.07 Å². The molecule has 0 aliphatic carbocycles. The second-order valence-corrected chi connectivity index (χ2v) is 16.5. The number of imidazole rings is 1. The second-order valence-electron chi connectivity index (χ2n) is 10.9. The van der Waals surface area contributed by atoms with Gasteiger partial charge >= 0.3 is 0 Å². The maximum atomic E-state index is 6.13. The van der Waals surface area contributed by atoms with Crippen LogP contribution in [0.25, 0.3) is 11.0 Å². The Morgan fingerprint density at radius 1 is 1.19 bits per heavy atom. The number of nitrogens with one attached hydrogen (secondary N) is 1. The summed E-state index contributed by atoms with van der Waals surface area (Å²) in [5.74, 6) is 2.18. The van der Waals surface area contributed by atoms with Crippen LogP contribution in [0.15, 0.2) is 58.1 Å². The van der Waals surface area contributed by atoms with Gasteiger partial charge in [0, 0.05) is 27.4 Å². The van der Waals surface area contributed by atoms with E-state index in [-0.39, 0.29) is 4.59 Å². The third kappa shape index (κ3) is 5.32. The van der Waals surface area contributed by atoms with E-state index >= 15 is 0 Å². The van der Waals surface area contributed by atoms with E-state index in [1.165, 1.54) is 0 Å². The molecule has 1 atom stereocenters. The Morgan fingerprint density at radius 2 is 2.03 bits per heavy atom. The van der Waals surface area contributed by atoms with Gasteiger partial charge in [-0.3, -0.25) is 9.67 Å². The Morgan fingerprint density at radius 3 is 2.76 bits per heavy atom. The summed E-state index contributed by atoms with van der Waals surface area (Å²) < 4.78 is 10.1. The molecule has 0 saturated heterocycles. The minimum Gasteiger partial charge on any atom is -0.361 e. The lowest BCUT2D eigenvalue weighted by Crippen LogP contribution is -2.44. The zero-order chi connectivity index (χ0) is 26.2. The number of hydrogen-bond donors (Lipinski definition) is 1. The number of anilines is 1. The van der Waals surface area contributed by atoms with Crippen molar-refractivity contribution in [2.75, 3.05) is 26.0 Å². The first kappa shape index (κ1) is 25.2. The zero-order valence-corrected chi connectivity index (χ0v) is 23.4. The fourth-order valence-electron chi connectivity index (χ4n) is 4.25. The minimum atomic E-state index is -1.16. The zero-order valence-electron chi connectivity index (χ0n) is 22.4. The Balaban J connectivity index is 1.43. The summed E-state index contributed by atoms with van der Waals surface area (Å²) in [6.07, 6.45) is 9.09. The number of aliphatic imine (C=N–C) groups is 2. The monoisotopic (exact) mass is 519 g/mol. The molecule has 0 fully saturated rings. The van der Waals surface area contributed by atoms with Crippen LogP contribution >= 0.6 is 0 Å². The molecule has 5 rings (SSSR count). The predicted molar refractivity (Wildman–Crippen MR) is 152 cm³/mol. The van der Waals surface area contributed by atoms with E-state index in [0.29, 0.717) is 18.5 Å². The molecule has 0 amide bonds. The van der Waals surface area contributed by atoms with Crippen molar-refractivity contribution in [3.8, 4) is 0 Å². The fraction of sp³-hybridized carbons (Fsp3) is 0.400. The molecule has 11 nitrogen and oxygen atoms in total. The largest absolute Gasteiger partial charge is 0.361 e. The number of aryl methyl sites for hydroxylation is 1. The van der Waals surface area contributed by atoms with Crippen LogP contribution in [0.4, 0.5) is 11.4 Å². The van der Waals surface area contributed by atoms with Crippen molar-refractivity contribution in [3.63, 3.8) is 0 Å². The van der Waals surface area contributed by atoms with Gasteiger partial charge in [-0.15, -0.1) is 0 Å². The maximum absolute atomic E-state index is 6.13. The molecular formula is C25H35N10OSi+. The quantitative estimate of drug-likeness (QED) is 0.263. The van der Waals surface area contributed by atoms with Crippen molar-refractivity contribution < 1.29 is 4.74 Å². The smallest absolute Gasteiger partial charge is 0.287 e. The number of quaternary nitrogens is 1. The molecule has 1 N–H and O–H groups in total. The van der Waals surface area contributed by atoms with E-state index in [1.807, 2.05) is 45.7 Å². The van der Waals surface area contributed by atoms with Crippen molar-refractivity contribution in [2.45, 2.75) is 39.0 Å². The van der Waals surface area contributed by atoms with Gasteiger partial charge in [0.25, 0.3) is 11.8 Å². The summed E-state index contributed by atoms with van der Waals surface area (Å²) in [7, 11) is 4.82. The number of hydrogen-bond acceptors (Lipinski definition) is 8. The van der Waals surface area contributed by atoms with Crippen LogP contribution in [0.5, 0.6) is 0 Å². The molecule has 37 heavy (non-hydrogen) atoms. The first-order valence-corrected chi connectivity index (χ1v) is 16.1. The van der Waals surface area contributed by atoms with Crippen LogP contribution in [-0.2, 0) is 25.1 Å². The molecule has 2 aliphatic rings. The first-order chi connectivity index (χ1) is 17.6. The van der Waals surface area contributed by atoms with Gasteiger partial charge in [-0.05, 0) is 43.4 Å². The Labute approximate surface area is 218 Å².